The third-order valence-electron chi connectivity index (χ3n) is 2.47. The summed E-state index contributed by atoms with van der Waals surface area (Å²) in [6, 6.07) is 5.83. The van der Waals surface area contributed by atoms with Crippen LogP contribution in [0.15, 0.2) is 18.2 Å². The summed E-state index contributed by atoms with van der Waals surface area (Å²) in [5.74, 6) is 0.561. The van der Waals surface area contributed by atoms with Crippen LogP contribution in [0.1, 0.15) is 37.9 Å². The molecular formula is C14H22N2O2. The van der Waals surface area contributed by atoms with E-state index in [1.165, 1.54) is 0 Å². The Morgan fingerprint density at radius 3 is 2.61 bits per heavy atom. The van der Waals surface area contributed by atoms with Crippen molar-refractivity contribution in [1.82, 2.24) is 5.32 Å². The van der Waals surface area contributed by atoms with Crippen molar-refractivity contribution in [3.05, 3.63) is 29.3 Å². The average molecular weight is 250 g/mol. The normalized spacial score (nSPS) is 12.3. The van der Waals surface area contributed by atoms with Crippen molar-refractivity contribution in [3.8, 4) is 5.75 Å². The monoisotopic (exact) mass is 250 g/mol. The lowest BCUT2D eigenvalue weighted by Crippen LogP contribution is -2.34. The Hall–Kier alpha value is -1.55. The molecule has 4 heteroatoms. The number of nitrogens with two attached hydrogens (primary N) is 1. The highest BCUT2D eigenvalue weighted by atomic mass is 16.5. The lowest BCUT2D eigenvalue weighted by Gasteiger charge is -2.15. The van der Waals surface area contributed by atoms with Gasteiger partial charge in [-0.05, 0) is 39.3 Å². The van der Waals surface area contributed by atoms with Gasteiger partial charge in [-0.15, -0.1) is 0 Å². The zero-order chi connectivity index (χ0) is 13.7. The molecule has 0 saturated heterocycles. The van der Waals surface area contributed by atoms with Gasteiger partial charge in [0.2, 0.25) is 0 Å². The van der Waals surface area contributed by atoms with Crippen molar-refractivity contribution < 1.29 is 9.53 Å². The Morgan fingerprint density at radius 2 is 2.06 bits per heavy atom. The van der Waals surface area contributed by atoms with Crippen LogP contribution in [-0.4, -0.2) is 18.6 Å². The zero-order valence-electron chi connectivity index (χ0n) is 11.5. The second kappa shape index (κ2) is 6.40. The summed E-state index contributed by atoms with van der Waals surface area (Å²) >= 11 is 0. The van der Waals surface area contributed by atoms with Crippen molar-refractivity contribution in [3.63, 3.8) is 0 Å². The first-order valence-corrected chi connectivity index (χ1v) is 6.18. The van der Waals surface area contributed by atoms with Crippen LogP contribution in [0.2, 0.25) is 0 Å². The first kappa shape index (κ1) is 14.5. The molecule has 1 atom stereocenters. The van der Waals surface area contributed by atoms with Gasteiger partial charge in [0.25, 0.3) is 5.91 Å². The van der Waals surface area contributed by atoms with Crippen molar-refractivity contribution in [1.29, 1.82) is 0 Å². The maximum Gasteiger partial charge on any atom is 0.258 e. The Labute approximate surface area is 109 Å². The van der Waals surface area contributed by atoms with Crippen LogP contribution < -0.4 is 15.8 Å². The van der Waals surface area contributed by atoms with Crippen molar-refractivity contribution in [2.75, 3.05) is 6.61 Å². The quantitative estimate of drug-likeness (QED) is 0.839. The van der Waals surface area contributed by atoms with E-state index in [-0.39, 0.29) is 24.6 Å². The van der Waals surface area contributed by atoms with Crippen molar-refractivity contribution in [2.24, 2.45) is 5.73 Å². The minimum atomic E-state index is -0.123. The van der Waals surface area contributed by atoms with Gasteiger partial charge in [0.1, 0.15) is 5.75 Å². The molecule has 0 heterocycles. The second-order valence-electron chi connectivity index (χ2n) is 4.84. The van der Waals surface area contributed by atoms with Gasteiger partial charge in [0.15, 0.2) is 6.61 Å². The lowest BCUT2D eigenvalue weighted by atomic mass is 10.1. The Bertz CT molecular complexity index is 414. The summed E-state index contributed by atoms with van der Waals surface area (Å²) < 4.78 is 5.55. The summed E-state index contributed by atoms with van der Waals surface area (Å²) in [7, 11) is 0. The number of carbonyl (C=O) groups excluding carboxylic acids is 1. The molecule has 0 radical (unpaired) electrons. The average Bonchev–Trinajstić information content (AvgIpc) is 2.25. The number of hydrogen-bond donors (Lipinski definition) is 2. The molecule has 0 aliphatic heterocycles. The van der Waals surface area contributed by atoms with Gasteiger partial charge in [0.05, 0.1) is 0 Å². The summed E-state index contributed by atoms with van der Waals surface area (Å²) in [6.07, 6.45) is 0. The molecule has 3 N–H and O–H groups in total. The highest BCUT2D eigenvalue weighted by molar-refractivity contribution is 5.77. The van der Waals surface area contributed by atoms with Gasteiger partial charge >= 0.3 is 0 Å². The molecule has 0 bridgehead atoms. The third-order valence-corrected chi connectivity index (χ3v) is 2.47. The van der Waals surface area contributed by atoms with Crippen LogP contribution >= 0.6 is 0 Å². The van der Waals surface area contributed by atoms with E-state index in [1.807, 2.05) is 45.9 Å². The molecule has 1 aromatic carbocycles. The molecule has 1 rings (SSSR count). The summed E-state index contributed by atoms with van der Waals surface area (Å²) in [5, 5.41) is 2.78. The van der Waals surface area contributed by atoms with Gasteiger partial charge in [0, 0.05) is 17.6 Å². The lowest BCUT2D eigenvalue weighted by molar-refractivity contribution is -0.123. The fourth-order valence-corrected chi connectivity index (χ4v) is 1.65. The van der Waals surface area contributed by atoms with E-state index in [0.717, 1.165) is 11.1 Å². The fourth-order valence-electron chi connectivity index (χ4n) is 1.65. The topological polar surface area (TPSA) is 64.3 Å². The predicted molar refractivity (Wildman–Crippen MR) is 72.6 cm³/mol. The molecule has 0 aromatic heterocycles. The van der Waals surface area contributed by atoms with Crippen LogP contribution in [0.25, 0.3) is 0 Å². The van der Waals surface area contributed by atoms with Crippen LogP contribution in [0.4, 0.5) is 0 Å². The standard InChI is InChI=1S/C14H22N2O2/c1-9(2)16-14(17)8-18-13-7-10(3)5-6-12(13)11(4)15/h5-7,9,11H,8,15H2,1-4H3,(H,16,17). The van der Waals surface area contributed by atoms with Crippen LogP contribution in [0, 0.1) is 6.92 Å². The molecule has 0 aliphatic rings. The first-order chi connectivity index (χ1) is 8.40. The Morgan fingerprint density at radius 1 is 1.39 bits per heavy atom. The molecule has 1 amide bonds. The fraction of sp³-hybridized carbons (Fsp3) is 0.500. The van der Waals surface area contributed by atoms with E-state index in [4.69, 9.17) is 10.5 Å². The number of carbonyl (C=O) groups is 1. The Balaban J connectivity index is 2.71. The van der Waals surface area contributed by atoms with Crippen molar-refractivity contribution >= 4 is 5.91 Å². The largest absolute Gasteiger partial charge is 0.483 e. The summed E-state index contributed by atoms with van der Waals surface area (Å²) in [5.41, 5.74) is 7.87. The molecule has 18 heavy (non-hydrogen) atoms. The molecular weight excluding hydrogens is 228 g/mol. The maximum absolute atomic E-state index is 11.5. The van der Waals surface area contributed by atoms with Gasteiger partial charge < -0.3 is 15.8 Å². The van der Waals surface area contributed by atoms with Gasteiger partial charge in [-0.1, -0.05) is 12.1 Å². The molecule has 0 fully saturated rings. The van der Waals surface area contributed by atoms with E-state index >= 15 is 0 Å². The number of nitrogens with one attached hydrogen (secondary N) is 1. The zero-order valence-corrected chi connectivity index (χ0v) is 11.5. The molecule has 1 unspecified atom stereocenters. The maximum atomic E-state index is 11.5. The first-order valence-electron chi connectivity index (χ1n) is 6.18. The van der Waals surface area contributed by atoms with Crippen LogP contribution in [0.3, 0.4) is 0 Å². The second-order valence-corrected chi connectivity index (χ2v) is 4.84. The van der Waals surface area contributed by atoms with Crippen LogP contribution in [0.5, 0.6) is 5.75 Å². The molecule has 0 spiro atoms. The van der Waals surface area contributed by atoms with E-state index in [2.05, 4.69) is 5.32 Å². The molecule has 4 nitrogen and oxygen atoms in total. The summed E-state index contributed by atoms with van der Waals surface area (Å²) in [6.45, 7) is 7.72. The molecule has 0 saturated carbocycles. The number of ether oxygens (including phenoxy) is 1. The smallest absolute Gasteiger partial charge is 0.258 e. The van der Waals surface area contributed by atoms with Crippen molar-refractivity contribution in [2.45, 2.75) is 39.8 Å². The van der Waals surface area contributed by atoms with Crippen LogP contribution in [-0.2, 0) is 4.79 Å². The molecule has 0 aliphatic carbocycles. The van der Waals surface area contributed by atoms with E-state index in [9.17, 15) is 4.79 Å². The Kier molecular flexibility index (Phi) is 5.16. The predicted octanol–water partition coefficient (Wildman–Crippen LogP) is 1.92. The van der Waals surface area contributed by atoms with Gasteiger partial charge in [-0.2, -0.15) is 0 Å². The van der Waals surface area contributed by atoms with Gasteiger partial charge in [-0.25, -0.2) is 0 Å². The van der Waals surface area contributed by atoms with Gasteiger partial charge in [-0.3, -0.25) is 4.79 Å². The SMILES string of the molecule is Cc1ccc(C(C)N)c(OCC(=O)NC(C)C)c1. The third kappa shape index (κ3) is 4.37. The number of hydrogen-bond acceptors (Lipinski definition) is 3. The number of aryl methyl sites for hydroxylation is 1. The minimum absolute atomic E-state index is 0.0152. The number of amides is 1. The van der Waals surface area contributed by atoms with E-state index < -0.39 is 0 Å². The van der Waals surface area contributed by atoms with E-state index in [1.54, 1.807) is 0 Å². The summed E-state index contributed by atoms with van der Waals surface area (Å²) in [4.78, 5) is 11.5. The molecule has 100 valence electrons. The minimum Gasteiger partial charge on any atom is -0.483 e. The number of benzene rings is 1. The van der Waals surface area contributed by atoms with E-state index in [0.29, 0.717) is 5.75 Å². The number of rotatable bonds is 5. The highest BCUT2D eigenvalue weighted by Gasteiger charge is 2.10. The highest BCUT2D eigenvalue weighted by Crippen LogP contribution is 2.24. The molecule has 1 aromatic rings.